The lowest BCUT2D eigenvalue weighted by atomic mass is 9.73. The molecule has 0 amide bonds. The van der Waals surface area contributed by atoms with Crippen molar-refractivity contribution in [1.82, 2.24) is 0 Å². The zero-order valence-electron chi connectivity index (χ0n) is 17.0. The highest BCUT2D eigenvalue weighted by molar-refractivity contribution is 5.50. The minimum Gasteiger partial charge on any atom is -0.507 e. The number of benzene rings is 1. The van der Waals surface area contributed by atoms with Gasteiger partial charge < -0.3 is 9.84 Å². The average molecular weight is 345 g/mol. The molecule has 1 aliphatic carbocycles. The molecule has 2 nitrogen and oxygen atoms in total. The highest BCUT2D eigenvalue weighted by Crippen LogP contribution is 2.45. The first kappa shape index (κ1) is 18.8. The molecule has 1 heterocycles. The van der Waals surface area contributed by atoms with Gasteiger partial charge in [0, 0.05) is 0 Å². The number of aromatic hydroxyl groups is 1. The maximum Gasteiger partial charge on any atom is 0.123 e. The van der Waals surface area contributed by atoms with E-state index in [-0.39, 0.29) is 16.9 Å². The summed E-state index contributed by atoms with van der Waals surface area (Å²) in [5.74, 6) is 2.15. The fraction of sp³-hybridized carbons (Fsp3) is 0.739. The Morgan fingerprint density at radius 3 is 1.76 bits per heavy atom. The lowest BCUT2D eigenvalue weighted by Gasteiger charge is -2.39. The summed E-state index contributed by atoms with van der Waals surface area (Å²) in [6.45, 7) is 13.9. The Hall–Kier alpha value is -1.02. The van der Waals surface area contributed by atoms with Crippen LogP contribution in [0.1, 0.15) is 96.4 Å². The maximum absolute atomic E-state index is 10.9. The molecule has 25 heavy (non-hydrogen) atoms. The predicted octanol–water partition coefficient (Wildman–Crippen LogP) is 6.26. The highest BCUT2D eigenvalue weighted by atomic mass is 16.5. The van der Waals surface area contributed by atoms with Gasteiger partial charge in [-0.3, -0.25) is 0 Å². The van der Waals surface area contributed by atoms with E-state index >= 15 is 0 Å². The van der Waals surface area contributed by atoms with Gasteiger partial charge in [-0.2, -0.15) is 0 Å². The molecule has 1 N–H and O–H groups in total. The van der Waals surface area contributed by atoms with Gasteiger partial charge in [0.15, 0.2) is 0 Å². The Bertz CT molecular complexity index is 571. The van der Waals surface area contributed by atoms with Gasteiger partial charge in [-0.25, -0.2) is 0 Å². The molecule has 0 spiro atoms. The number of hydrogen-bond acceptors (Lipinski definition) is 2. The van der Waals surface area contributed by atoms with Gasteiger partial charge in [0.05, 0.1) is 12.7 Å². The second kappa shape index (κ2) is 6.61. The van der Waals surface area contributed by atoms with Gasteiger partial charge in [0.25, 0.3) is 0 Å². The quantitative estimate of drug-likeness (QED) is 0.686. The van der Waals surface area contributed by atoms with Crippen LogP contribution in [0.2, 0.25) is 0 Å². The van der Waals surface area contributed by atoms with Crippen LogP contribution in [0, 0.1) is 11.8 Å². The lowest BCUT2D eigenvalue weighted by Crippen LogP contribution is -2.30. The molecule has 0 bridgehead atoms. The van der Waals surface area contributed by atoms with E-state index in [1.165, 1.54) is 31.2 Å². The van der Waals surface area contributed by atoms with Crippen LogP contribution in [-0.4, -0.2) is 11.7 Å². The third kappa shape index (κ3) is 3.89. The molecule has 0 aromatic heterocycles. The molecular formula is C23H36O2. The fourth-order valence-corrected chi connectivity index (χ4v) is 4.30. The van der Waals surface area contributed by atoms with Crippen molar-refractivity contribution in [2.45, 2.75) is 90.6 Å². The zero-order valence-corrected chi connectivity index (χ0v) is 17.0. The van der Waals surface area contributed by atoms with E-state index in [4.69, 9.17) is 4.74 Å². The molecule has 2 heteroatoms. The maximum atomic E-state index is 10.9. The Labute approximate surface area is 154 Å². The van der Waals surface area contributed by atoms with Crippen LogP contribution in [0.25, 0.3) is 0 Å². The van der Waals surface area contributed by atoms with Crippen LogP contribution >= 0.6 is 0 Å². The van der Waals surface area contributed by atoms with Gasteiger partial charge in [-0.05, 0) is 64.3 Å². The van der Waals surface area contributed by atoms with Crippen LogP contribution in [0.15, 0.2) is 12.1 Å². The summed E-state index contributed by atoms with van der Waals surface area (Å²) in [6.07, 6.45) is 6.79. The number of ether oxygens (including phenoxy) is 1. The number of phenolic OH excluding ortho intramolecular Hbond substituents is 1. The summed E-state index contributed by atoms with van der Waals surface area (Å²) in [6, 6.07) is 4.39. The Balaban J connectivity index is 1.88. The molecule has 1 aromatic rings. The van der Waals surface area contributed by atoms with Crippen LogP contribution in [0.4, 0.5) is 0 Å². The topological polar surface area (TPSA) is 29.5 Å². The van der Waals surface area contributed by atoms with Crippen molar-refractivity contribution in [2.24, 2.45) is 11.8 Å². The molecule has 1 saturated carbocycles. The summed E-state index contributed by atoms with van der Waals surface area (Å²) < 4.78 is 6.33. The smallest absolute Gasteiger partial charge is 0.123 e. The second-order valence-electron chi connectivity index (χ2n) is 10.3. The van der Waals surface area contributed by atoms with E-state index in [0.717, 1.165) is 36.0 Å². The summed E-state index contributed by atoms with van der Waals surface area (Å²) in [5.41, 5.74) is 3.17. The van der Waals surface area contributed by atoms with Crippen molar-refractivity contribution < 1.29 is 9.84 Å². The number of rotatable bonds is 2. The van der Waals surface area contributed by atoms with Crippen molar-refractivity contribution in [2.75, 3.05) is 6.61 Å². The summed E-state index contributed by atoms with van der Waals surface area (Å²) in [5, 5.41) is 10.9. The fourth-order valence-electron chi connectivity index (χ4n) is 4.30. The van der Waals surface area contributed by atoms with E-state index in [9.17, 15) is 5.11 Å². The Kier molecular flexibility index (Phi) is 4.96. The standard InChI is InChI=1S/C23H36O2/c1-22(2,3)18-12-17(13-19(21(18)24)23(4,5)6)20-11-10-16(14-25-20)15-8-7-9-15/h12-13,15-16,20,24H,7-11,14H2,1-6H3. The molecular weight excluding hydrogens is 308 g/mol. The van der Waals surface area contributed by atoms with Gasteiger partial charge in [-0.15, -0.1) is 0 Å². The van der Waals surface area contributed by atoms with Crippen LogP contribution in [0.5, 0.6) is 5.75 Å². The van der Waals surface area contributed by atoms with Crippen molar-refractivity contribution in [3.8, 4) is 5.75 Å². The molecule has 2 atom stereocenters. The number of hydrogen-bond donors (Lipinski definition) is 1. The van der Waals surface area contributed by atoms with Crippen molar-refractivity contribution in [3.63, 3.8) is 0 Å². The average Bonchev–Trinajstić information content (AvgIpc) is 2.44. The SMILES string of the molecule is CC(C)(C)c1cc(C2CCC(C3CCC3)CO2)cc(C(C)(C)C)c1O. The Morgan fingerprint density at radius 1 is 0.840 bits per heavy atom. The first-order valence-corrected chi connectivity index (χ1v) is 10.1. The summed E-state index contributed by atoms with van der Waals surface area (Å²) in [7, 11) is 0. The van der Waals surface area contributed by atoms with Gasteiger partial charge in [0.2, 0.25) is 0 Å². The van der Waals surface area contributed by atoms with Gasteiger partial charge in [-0.1, -0.05) is 60.8 Å². The van der Waals surface area contributed by atoms with Crippen molar-refractivity contribution in [3.05, 3.63) is 28.8 Å². The van der Waals surface area contributed by atoms with Crippen LogP contribution < -0.4 is 0 Å². The summed E-state index contributed by atoms with van der Waals surface area (Å²) in [4.78, 5) is 0. The number of phenols is 1. The molecule has 3 rings (SSSR count). The van der Waals surface area contributed by atoms with Crippen LogP contribution in [0.3, 0.4) is 0 Å². The first-order chi connectivity index (χ1) is 11.6. The van der Waals surface area contributed by atoms with E-state index < -0.39 is 0 Å². The monoisotopic (exact) mass is 344 g/mol. The molecule has 2 aliphatic rings. The third-order valence-electron chi connectivity index (χ3n) is 6.25. The Morgan fingerprint density at radius 2 is 1.40 bits per heavy atom. The predicted molar refractivity (Wildman–Crippen MR) is 104 cm³/mol. The largest absolute Gasteiger partial charge is 0.507 e. The third-order valence-corrected chi connectivity index (χ3v) is 6.25. The van der Waals surface area contributed by atoms with Gasteiger partial charge >= 0.3 is 0 Å². The molecule has 2 unspecified atom stereocenters. The minimum absolute atomic E-state index is 0.0801. The van der Waals surface area contributed by atoms with Crippen LogP contribution in [-0.2, 0) is 15.6 Å². The molecule has 1 saturated heterocycles. The zero-order chi connectivity index (χ0) is 18.4. The van der Waals surface area contributed by atoms with E-state index in [1.54, 1.807) is 0 Å². The lowest BCUT2D eigenvalue weighted by molar-refractivity contribution is -0.0450. The van der Waals surface area contributed by atoms with Crippen molar-refractivity contribution in [1.29, 1.82) is 0 Å². The molecule has 1 aromatic carbocycles. The molecule has 140 valence electrons. The summed E-state index contributed by atoms with van der Waals surface area (Å²) >= 11 is 0. The second-order valence-corrected chi connectivity index (χ2v) is 10.3. The van der Waals surface area contributed by atoms with E-state index in [1.807, 2.05) is 0 Å². The van der Waals surface area contributed by atoms with E-state index in [2.05, 4.69) is 53.7 Å². The van der Waals surface area contributed by atoms with E-state index in [0.29, 0.717) is 5.75 Å². The van der Waals surface area contributed by atoms with Crippen molar-refractivity contribution >= 4 is 0 Å². The molecule has 1 aliphatic heterocycles. The first-order valence-electron chi connectivity index (χ1n) is 10.1. The van der Waals surface area contributed by atoms with Gasteiger partial charge in [0.1, 0.15) is 5.75 Å². The minimum atomic E-state index is -0.0801. The molecule has 0 radical (unpaired) electrons. The normalized spacial score (nSPS) is 25.7. The molecule has 2 fully saturated rings. The highest BCUT2D eigenvalue weighted by Gasteiger charge is 2.33.